The summed E-state index contributed by atoms with van der Waals surface area (Å²) in [5, 5.41) is 0. The molecule has 1 unspecified atom stereocenters. The van der Waals surface area contributed by atoms with Gasteiger partial charge in [0, 0.05) is 11.6 Å². The zero-order valence-corrected chi connectivity index (χ0v) is 11.4. The Morgan fingerprint density at radius 1 is 1.25 bits per heavy atom. The van der Waals surface area contributed by atoms with Crippen molar-refractivity contribution in [1.82, 2.24) is 4.98 Å². The van der Waals surface area contributed by atoms with Crippen molar-refractivity contribution >= 4 is 0 Å². The van der Waals surface area contributed by atoms with E-state index >= 15 is 0 Å². The van der Waals surface area contributed by atoms with Gasteiger partial charge in [-0.2, -0.15) is 0 Å². The van der Waals surface area contributed by atoms with Crippen LogP contribution in [0.4, 0.5) is 8.78 Å². The van der Waals surface area contributed by atoms with E-state index in [2.05, 4.69) is 4.98 Å². The second-order valence-electron chi connectivity index (χ2n) is 4.53. The van der Waals surface area contributed by atoms with Gasteiger partial charge in [0.2, 0.25) is 0 Å². The van der Waals surface area contributed by atoms with Crippen LogP contribution in [0.5, 0.6) is 5.75 Å². The minimum absolute atomic E-state index is 0.305. The molecular weight excluding hydrogens is 262 g/mol. The van der Waals surface area contributed by atoms with E-state index in [0.29, 0.717) is 23.4 Å². The van der Waals surface area contributed by atoms with Gasteiger partial charge in [0.25, 0.3) is 0 Å². The molecule has 20 heavy (non-hydrogen) atoms. The van der Waals surface area contributed by atoms with Gasteiger partial charge in [0.05, 0.1) is 24.5 Å². The molecule has 5 heteroatoms. The topological polar surface area (TPSA) is 48.1 Å². The van der Waals surface area contributed by atoms with Crippen molar-refractivity contribution in [2.45, 2.75) is 18.9 Å². The maximum Gasteiger partial charge on any atom is 0.141 e. The molecule has 0 amide bonds. The van der Waals surface area contributed by atoms with Gasteiger partial charge in [-0.15, -0.1) is 0 Å². The molecule has 0 saturated carbocycles. The van der Waals surface area contributed by atoms with Crippen LogP contribution < -0.4 is 10.5 Å². The quantitative estimate of drug-likeness (QED) is 0.935. The third-order valence-electron chi connectivity index (χ3n) is 3.40. The number of nitrogens with two attached hydrogens (primary N) is 1. The normalized spacial score (nSPS) is 13.8. The number of nitrogens with zero attached hydrogens (tertiary/aromatic N) is 1. The van der Waals surface area contributed by atoms with Gasteiger partial charge < -0.3 is 10.5 Å². The highest BCUT2D eigenvalue weighted by Gasteiger charge is 2.32. The fourth-order valence-corrected chi connectivity index (χ4v) is 2.13. The van der Waals surface area contributed by atoms with Crippen molar-refractivity contribution in [3.63, 3.8) is 0 Å². The number of hydrogen-bond acceptors (Lipinski definition) is 3. The van der Waals surface area contributed by atoms with Gasteiger partial charge in [0.15, 0.2) is 0 Å². The lowest BCUT2D eigenvalue weighted by atomic mass is 9.84. The number of hydrogen-bond donors (Lipinski definition) is 1. The second kappa shape index (κ2) is 5.54. The summed E-state index contributed by atoms with van der Waals surface area (Å²) in [7, 11) is 1.46. The van der Waals surface area contributed by atoms with E-state index < -0.39 is 17.2 Å². The minimum Gasteiger partial charge on any atom is -0.497 e. The molecule has 106 valence electrons. The molecular formula is C15H16F2N2O. The highest BCUT2D eigenvalue weighted by Crippen LogP contribution is 2.32. The summed E-state index contributed by atoms with van der Waals surface area (Å²) < 4.78 is 32.2. The van der Waals surface area contributed by atoms with Crippen molar-refractivity contribution < 1.29 is 13.5 Å². The predicted octanol–water partition coefficient (Wildman–Crippen LogP) is 2.98. The number of rotatable bonds is 4. The molecule has 0 radical (unpaired) electrons. The molecule has 0 fully saturated rings. The number of ether oxygens (including phenoxy) is 1. The molecule has 2 aromatic rings. The van der Waals surface area contributed by atoms with Crippen LogP contribution in [-0.2, 0) is 5.54 Å². The Balaban J connectivity index is 2.52. The molecule has 3 nitrogen and oxygen atoms in total. The Kier molecular flexibility index (Phi) is 3.99. The number of halogens is 2. The summed E-state index contributed by atoms with van der Waals surface area (Å²) in [6, 6.07) is 7.22. The van der Waals surface area contributed by atoms with Crippen molar-refractivity contribution in [3.05, 3.63) is 59.4 Å². The fourth-order valence-electron chi connectivity index (χ4n) is 2.13. The maximum absolute atomic E-state index is 14.2. The van der Waals surface area contributed by atoms with Crippen LogP contribution in [0.2, 0.25) is 0 Å². The maximum atomic E-state index is 14.2. The molecule has 1 heterocycles. The van der Waals surface area contributed by atoms with Crippen LogP contribution in [0.1, 0.15) is 24.6 Å². The number of pyridine rings is 1. The monoisotopic (exact) mass is 278 g/mol. The largest absolute Gasteiger partial charge is 0.497 e. The lowest BCUT2D eigenvalue weighted by molar-refractivity contribution is 0.406. The van der Waals surface area contributed by atoms with E-state index in [1.807, 2.05) is 6.92 Å². The van der Waals surface area contributed by atoms with Gasteiger partial charge in [-0.1, -0.05) is 13.0 Å². The van der Waals surface area contributed by atoms with E-state index in [-0.39, 0.29) is 0 Å². The molecule has 0 aliphatic rings. The molecule has 1 aromatic carbocycles. The standard InChI is InChI=1S/C15H16F2N2O/c1-3-15(18,14-7-4-10(16)9-19-14)12-6-5-11(20-2)8-13(12)17/h4-9H,3,18H2,1-2H3. The molecule has 1 aromatic heterocycles. The molecule has 0 spiro atoms. The molecule has 0 aliphatic heterocycles. The first-order chi connectivity index (χ1) is 9.51. The third-order valence-corrected chi connectivity index (χ3v) is 3.40. The van der Waals surface area contributed by atoms with E-state index in [0.717, 1.165) is 6.20 Å². The average molecular weight is 278 g/mol. The van der Waals surface area contributed by atoms with E-state index in [4.69, 9.17) is 10.5 Å². The van der Waals surface area contributed by atoms with Gasteiger partial charge in [-0.05, 0) is 24.6 Å². The van der Waals surface area contributed by atoms with Crippen LogP contribution in [0.25, 0.3) is 0 Å². The minimum atomic E-state index is -1.11. The van der Waals surface area contributed by atoms with Gasteiger partial charge in [-0.3, -0.25) is 4.98 Å². The van der Waals surface area contributed by atoms with Gasteiger partial charge in [-0.25, -0.2) is 8.78 Å². The van der Waals surface area contributed by atoms with E-state index in [9.17, 15) is 8.78 Å². The van der Waals surface area contributed by atoms with Crippen molar-refractivity contribution in [2.24, 2.45) is 5.73 Å². The number of benzene rings is 1. The first kappa shape index (κ1) is 14.4. The Bertz CT molecular complexity index is 601. The van der Waals surface area contributed by atoms with Gasteiger partial charge in [0.1, 0.15) is 17.4 Å². The lowest BCUT2D eigenvalue weighted by Gasteiger charge is -2.28. The number of aromatic nitrogens is 1. The first-order valence-corrected chi connectivity index (χ1v) is 6.26. The molecule has 0 bridgehead atoms. The molecule has 2 rings (SSSR count). The van der Waals surface area contributed by atoms with Crippen molar-refractivity contribution in [3.8, 4) is 5.75 Å². The Hall–Kier alpha value is -2.01. The second-order valence-corrected chi connectivity index (χ2v) is 4.53. The van der Waals surface area contributed by atoms with Crippen LogP contribution in [0.3, 0.4) is 0 Å². The molecule has 0 saturated heterocycles. The van der Waals surface area contributed by atoms with E-state index in [1.165, 1.54) is 25.3 Å². The zero-order valence-electron chi connectivity index (χ0n) is 11.4. The molecule has 0 aliphatic carbocycles. The van der Waals surface area contributed by atoms with Gasteiger partial charge >= 0.3 is 0 Å². The highest BCUT2D eigenvalue weighted by atomic mass is 19.1. The average Bonchev–Trinajstić information content (AvgIpc) is 2.47. The summed E-state index contributed by atoms with van der Waals surface area (Å²) in [5.41, 5.74) is 5.94. The third kappa shape index (κ3) is 2.49. The predicted molar refractivity (Wildman–Crippen MR) is 72.4 cm³/mol. The summed E-state index contributed by atoms with van der Waals surface area (Å²) in [6.07, 6.45) is 1.50. The van der Waals surface area contributed by atoms with Crippen molar-refractivity contribution in [2.75, 3.05) is 7.11 Å². The fraction of sp³-hybridized carbons (Fsp3) is 0.267. The summed E-state index contributed by atoms with van der Waals surface area (Å²) in [5.74, 6) is -0.515. The summed E-state index contributed by atoms with van der Waals surface area (Å²) in [4.78, 5) is 3.98. The summed E-state index contributed by atoms with van der Waals surface area (Å²) >= 11 is 0. The smallest absolute Gasteiger partial charge is 0.141 e. The number of methoxy groups -OCH3 is 1. The van der Waals surface area contributed by atoms with Crippen LogP contribution in [-0.4, -0.2) is 12.1 Å². The zero-order chi connectivity index (χ0) is 14.8. The van der Waals surface area contributed by atoms with Crippen LogP contribution >= 0.6 is 0 Å². The Morgan fingerprint density at radius 3 is 2.50 bits per heavy atom. The SMILES string of the molecule is CCC(N)(c1ccc(F)cn1)c1ccc(OC)cc1F. The van der Waals surface area contributed by atoms with Crippen molar-refractivity contribution in [1.29, 1.82) is 0 Å². The first-order valence-electron chi connectivity index (χ1n) is 6.26. The van der Waals surface area contributed by atoms with Crippen LogP contribution in [0, 0.1) is 11.6 Å². The Labute approximate surface area is 116 Å². The molecule has 2 N–H and O–H groups in total. The lowest BCUT2D eigenvalue weighted by Crippen LogP contribution is -2.39. The Morgan fingerprint density at radius 2 is 2.00 bits per heavy atom. The van der Waals surface area contributed by atoms with Crippen LogP contribution in [0.15, 0.2) is 36.5 Å². The van der Waals surface area contributed by atoms with E-state index in [1.54, 1.807) is 12.1 Å². The summed E-state index contributed by atoms with van der Waals surface area (Å²) in [6.45, 7) is 1.83. The highest BCUT2D eigenvalue weighted by molar-refractivity contribution is 5.39. The molecule has 1 atom stereocenters.